The molecule has 3 aromatic carbocycles. The number of rotatable bonds is 8. The highest BCUT2D eigenvalue weighted by Gasteiger charge is 2.11. The molecule has 33 heavy (non-hydrogen) atoms. The van der Waals surface area contributed by atoms with Crippen molar-refractivity contribution in [2.24, 2.45) is 4.99 Å². The van der Waals surface area contributed by atoms with Gasteiger partial charge in [0.05, 0.1) is 30.9 Å². The Morgan fingerprint density at radius 3 is 2.58 bits per heavy atom. The van der Waals surface area contributed by atoms with Gasteiger partial charge < -0.3 is 19.1 Å². The van der Waals surface area contributed by atoms with Gasteiger partial charge in [0.15, 0.2) is 11.5 Å². The highest BCUT2D eigenvalue weighted by atomic mass is 16.6. The van der Waals surface area contributed by atoms with Gasteiger partial charge in [-0.3, -0.25) is 15.1 Å². The maximum Gasteiger partial charge on any atom is 0.269 e. The lowest BCUT2D eigenvalue weighted by atomic mass is 10.2. The number of hydrogen-bond acceptors (Lipinski definition) is 7. The van der Waals surface area contributed by atoms with E-state index in [9.17, 15) is 10.1 Å². The number of nitrogens with zero attached hydrogens (tertiary/aromatic N) is 3. The zero-order chi connectivity index (χ0) is 23.0. The second kappa shape index (κ2) is 10.6. The third-order valence-electron chi connectivity index (χ3n) is 5.29. The van der Waals surface area contributed by atoms with Crippen molar-refractivity contribution in [3.63, 3.8) is 0 Å². The van der Waals surface area contributed by atoms with E-state index in [0.717, 1.165) is 37.6 Å². The fourth-order valence-corrected chi connectivity index (χ4v) is 3.52. The Labute approximate surface area is 192 Å². The van der Waals surface area contributed by atoms with Gasteiger partial charge >= 0.3 is 0 Å². The summed E-state index contributed by atoms with van der Waals surface area (Å²) in [7, 11) is 1.57. The number of aliphatic imine (C=N–C) groups is 1. The van der Waals surface area contributed by atoms with Crippen molar-refractivity contribution in [3.05, 3.63) is 88.0 Å². The van der Waals surface area contributed by atoms with Crippen molar-refractivity contribution in [1.29, 1.82) is 0 Å². The average Bonchev–Trinajstić information content (AvgIpc) is 2.87. The highest BCUT2D eigenvalue weighted by Crippen LogP contribution is 2.29. The number of non-ortho nitro benzene ring substituents is 1. The van der Waals surface area contributed by atoms with Gasteiger partial charge in [0.25, 0.3) is 5.69 Å². The molecule has 0 spiro atoms. The van der Waals surface area contributed by atoms with E-state index in [1.165, 1.54) is 17.8 Å². The van der Waals surface area contributed by atoms with Crippen molar-refractivity contribution in [2.45, 2.75) is 6.61 Å². The Balaban J connectivity index is 1.40. The van der Waals surface area contributed by atoms with Gasteiger partial charge in [-0.2, -0.15) is 0 Å². The number of nitro benzene ring substituents is 1. The van der Waals surface area contributed by atoms with Crippen molar-refractivity contribution in [2.75, 3.05) is 38.3 Å². The molecule has 0 amide bonds. The maximum atomic E-state index is 10.9. The summed E-state index contributed by atoms with van der Waals surface area (Å²) in [5.74, 6) is 1.11. The molecule has 1 heterocycles. The number of anilines is 1. The molecule has 0 aromatic heterocycles. The van der Waals surface area contributed by atoms with Gasteiger partial charge in [0.1, 0.15) is 6.61 Å². The number of methoxy groups -OCH3 is 1. The topological polar surface area (TPSA) is 86.4 Å². The van der Waals surface area contributed by atoms with E-state index in [0.29, 0.717) is 17.1 Å². The van der Waals surface area contributed by atoms with Crippen LogP contribution < -0.4 is 14.4 Å². The lowest BCUT2D eigenvalue weighted by molar-refractivity contribution is -0.384. The van der Waals surface area contributed by atoms with Crippen LogP contribution in [0.3, 0.4) is 0 Å². The van der Waals surface area contributed by atoms with E-state index in [2.05, 4.69) is 22.0 Å². The molecule has 4 rings (SSSR count). The quantitative estimate of drug-likeness (QED) is 0.281. The summed E-state index contributed by atoms with van der Waals surface area (Å²) in [4.78, 5) is 17.4. The molecule has 3 aromatic rings. The van der Waals surface area contributed by atoms with E-state index in [1.807, 2.05) is 24.3 Å². The third-order valence-corrected chi connectivity index (χ3v) is 5.29. The van der Waals surface area contributed by atoms with Crippen LogP contribution in [0.15, 0.2) is 71.7 Å². The fourth-order valence-electron chi connectivity index (χ4n) is 3.52. The summed E-state index contributed by atoms with van der Waals surface area (Å²) in [5, 5.41) is 10.9. The molecule has 0 atom stereocenters. The SMILES string of the molecule is COc1cc(C=Nc2ccc(N3CCOCC3)cc2)ccc1OCc1cccc([N+](=O)[O-])c1. The van der Waals surface area contributed by atoms with E-state index >= 15 is 0 Å². The number of ether oxygens (including phenoxy) is 3. The normalized spacial score (nSPS) is 13.8. The van der Waals surface area contributed by atoms with E-state index in [4.69, 9.17) is 14.2 Å². The molecule has 8 nitrogen and oxygen atoms in total. The number of nitro groups is 1. The number of morpholine rings is 1. The lowest BCUT2D eigenvalue weighted by Crippen LogP contribution is -2.36. The van der Waals surface area contributed by atoms with Crippen LogP contribution in [-0.4, -0.2) is 44.6 Å². The molecule has 0 radical (unpaired) electrons. The molecule has 8 heteroatoms. The van der Waals surface area contributed by atoms with Crippen LogP contribution >= 0.6 is 0 Å². The first-order chi connectivity index (χ1) is 16.1. The van der Waals surface area contributed by atoms with Gasteiger partial charge in [-0.25, -0.2) is 0 Å². The predicted octanol–water partition coefficient (Wildman–Crippen LogP) is 4.77. The summed E-state index contributed by atoms with van der Waals surface area (Å²) in [6.45, 7) is 3.51. The molecule has 1 fully saturated rings. The summed E-state index contributed by atoms with van der Waals surface area (Å²) in [6, 6.07) is 20.0. The summed E-state index contributed by atoms with van der Waals surface area (Å²) in [5.41, 5.74) is 3.64. The molecular weight excluding hydrogens is 422 g/mol. The summed E-state index contributed by atoms with van der Waals surface area (Å²) < 4.78 is 16.7. The van der Waals surface area contributed by atoms with Crippen molar-refractivity contribution in [3.8, 4) is 11.5 Å². The second-order valence-electron chi connectivity index (χ2n) is 7.50. The van der Waals surface area contributed by atoms with Crippen molar-refractivity contribution < 1.29 is 19.1 Å². The lowest BCUT2D eigenvalue weighted by Gasteiger charge is -2.28. The van der Waals surface area contributed by atoms with Crippen LogP contribution in [-0.2, 0) is 11.3 Å². The van der Waals surface area contributed by atoms with Crippen molar-refractivity contribution >= 4 is 23.3 Å². The first-order valence-corrected chi connectivity index (χ1v) is 10.6. The Morgan fingerprint density at radius 1 is 1.06 bits per heavy atom. The predicted molar refractivity (Wildman–Crippen MR) is 127 cm³/mol. The van der Waals surface area contributed by atoms with Crippen LogP contribution in [0.4, 0.5) is 17.1 Å². The molecule has 0 aliphatic carbocycles. The van der Waals surface area contributed by atoms with Crippen LogP contribution in [0, 0.1) is 10.1 Å². The third kappa shape index (κ3) is 5.87. The summed E-state index contributed by atoms with van der Waals surface area (Å²) >= 11 is 0. The van der Waals surface area contributed by atoms with Crippen molar-refractivity contribution in [1.82, 2.24) is 0 Å². The zero-order valence-corrected chi connectivity index (χ0v) is 18.3. The van der Waals surface area contributed by atoms with E-state index < -0.39 is 4.92 Å². The molecule has 170 valence electrons. The van der Waals surface area contributed by atoms with Crippen LogP contribution in [0.2, 0.25) is 0 Å². The van der Waals surface area contributed by atoms with Gasteiger partial charge in [0.2, 0.25) is 0 Å². The molecule has 0 bridgehead atoms. The van der Waals surface area contributed by atoms with Crippen LogP contribution in [0.5, 0.6) is 11.5 Å². The minimum atomic E-state index is -0.422. The Kier molecular flexibility index (Phi) is 7.16. The Bertz CT molecular complexity index is 1130. The van der Waals surface area contributed by atoms with Crippen LogP contribution in [0.25, 0.3) is 0 Å². The van der Waals surface area contributed by atoms with E-state index in [1.54, 1.807) is 31.5 Å². The van der Waals surface area contributed by atoms with Gasteiger partial charge in [-0.05, 0) is 53.6 Å². The zero-order valence-electron chi connectivity index (χ0n) is 18.3. The van der Waals surface area contributed by atoms with Gasteiger partial charge in [0, 0.05) is 37.1 Å². The Morgan fingerprint density at radius 2 is 1.85 bits per heavy atom. The molecule has 1 aliphatic heterocycles. The number of benzene rings is 3. The fraction of sp³-hybridized carbons (Fsp3) is 0.240. The first-order valence-electron chi connectivity index (χ1n) is 10.6. The molecular formula is C25H25N3O5. The van der Waals surface area contributed by atoms with Crippen LogP contribution in [0.1, 0.15) is 11.1 Å². The van der Waals surface area contributed by atoms with Gasteiger partial charge in [-0.15, -0.1) is 0 Å². The number of hydrogen-bond donors (Lipinski definition) is 0. The maximum absolute atomic E-state index is 10.9. The molecule has 1 saturated heterocycles. The standard InChI is InChI=1S/C25H25N3O5/c1-31-25-16-19(5-10-24(25)33-18-20-3-2-4-23(15-20)28(29)30)17-26-21-6-8-22(9-7-21)27-11-13-32-14-12-27/h2-10,15-17H,11-14,18H2,1H3. The summed E-state index contributed by atoms with van der Waals surface area (Å²) in [6.07, 6.45) is 1.77. The van der Waals surface area contributed by atoms with Gasteiger partial charge in [-0.1, -0.05) is 12.1 Å². The average molecular weight is 447 g/mol. The Hall–Kier alpha value is -3.91. The smallest absolute Gasteiger partial charge is 0.269 e. The largest absolute Gasteiger partial charge is 0.493 e. The minimum absolute atomic E-state index is 0.0348. The first kappa shape index (κ1) is 22.3. The molecule has 0 saturated carbocycles. The molecule has 1 aliphatic rings. The minimum Gasteiger partial charge on any atom is -0.493 e. The molecule has 0 N–H and O–H groups in total. The second-order valence-corrected chi connectivity index (χ2v) is 7.50. The highest BCUT2D eigenvalue weighted by molar-refractivity contribution is 5.83. The monoisotopic (exact) mass is 447 g/mol. The molecule has 0 unspecified atom stereocenters. The van der Waals surface area contributed by atoms with E-state index in [-0.39, 0.29) is 12.3 Å².